The molecular formula is C13H16N2O3S. The zero-order valence-corrected chi connectivity index (χ0v) is 11.6. The molecule has 0 saturated carbocycles. The summed E-state index contributed by atoms with van der Waals surface area (Å²) in [6, 6.07) is 0.179. The third-order valence-corrected chi connectivity index (χ3v) is 3.96. The highest BCUT2D eigenvalue weighted by Gasteiger charge is 2.18. The second-order valence-corrected chi connectivity index (χ2v) is 5.37. The van der Waals surface area contributed by atoms with E-state index in [9.17, 15) is 4.79 Å². The Bertz CT molecular complexity index is 522. The Balaban J connectivity index is 1.94. The number of ether oxygens (including phenoxy) is 1. The van der Waals surface area contributed by atoms with E-state index < -0.39 is 5.97 Å². The van der Waals surface area contributed by atoms with E-state index in [2.05, 4.69) is 23.3 Å². The number of carboxylic acids is 1. The molecule has 102 valence electrons. The Labute approximate surface area is 115 Å². The van der Waals surface area contributed by atoms with E-state index in [1.807, 2.05) is 12.2 Å². The molecule has 0 saturated heterocycles. The molecule has 0 amide bonds. The van der Waals surface area contributed by atoms with Gasteiger partial charge in [-0.1, -0.05) is 17.4 Å². The van der Waals surface area contributed by atoms with Crippen molar-refractivity contribution in [3.8, 4) is 0 Å². The number of hydrogen-bond donors (Lipinski definition) is 2. The van der Waals surface area contributed by atoms with E-state index in [1.165, 1.54) is 6.20 Å². The fourth-order valence-corrected chi connectivity index (χ4v) is 2.63. The Hall–Kier alpha value is -1.82. The molecule has 2 unspecified atom stereocenters. The molecule has 19 heavy (non-hydrogen) atoms. The smallest absolute Gasteiger partial charge is 0.347 e. The lowest BCUT2D eigenvalue weighted by atomic mass is 9.93. The summed E-state index contributed by atoms with van der Waals surface area (Å²) < 4.78 is 5.15. The Kier molecular flexibility index (Phi) is 4.21. The molecule has 1 heterocycles. The van der Waals surface area contributed by atoms with Crippen LogP contribution in [0.3, 0.4) is 0 Å². The van der Waals surface area contributed by atoms with E-state index in [0.29, 0.717) is 11.0 Å². The van der Waals surface area contributed by atoms with Gasteiger partial charge in [-0.05, 0) is 25.5 Å². The van der Waals surface area contributed by atoms with Crippen LogP contribution < -0.4 is 5.32 Å². The van der Waals surface area contributed by atoms with Crippen LogP contribution in [0.1, 0.15) is 23.0 Å². The van der Waals surface area contributed by atoms with Gasteiger partial charge >= 0.3 is 5.97 Å². The van der Waals surface area contributed by atoms with Crippen molar-refractivity contribution in [3.63, 3.8) is 0 Å². The molecule has 1 aromatic rings. The number of carbonyl (C=O) groups is 1. The third-order valence-electron chi connectivity index (χ3n) is 3.04. The van der Waals surface area contributed by atoms with Gasteiger partial charge in [0, 0.05) is 12.0 Å². The highest BCUT2D eigenvalue weighted by atomic mass is 32.1. The van der Waals surface area contributed by atoms with Crippen molar-refractivity contribution < 1.29 is 14.6 Å². The average molecular weight is 280 g/mol. The molecule has 0 radical (unpaired) electrons. The highest BCUT2D eigenvalue weighted by molar-refractivity contribution is 7.17. The van der Waals surface area contributed by atoms with Crippen LogP contribution in [-0.4, -0.2) is 29.2 Å². The number of allylic oxidation sites excluding steroid dienone is 2. The van der Waals surface area contributed by atoms with Gasteiger partial charge in [-0.25, -0.2) is 9.78 Å². The van der Waals surface area contributed by atoms with Crippen LogP contribution in [0.15, 0.2) is 30.2 Å². The molecule has 1 aliphatic rings. The maximum atomic E-state index is 10.8. The van der Waals surface area contributed by atoms with Gasteiger partial charge in [0.2, 0.25) is 0 Å². The number of thiazole rings is 1. The molecule has 0 aliphatic heterocycles. The quantitative estimate of drug-likeness (QED) is 0.867. The largest absolute Gasteiger partial charge is 0.497 e. The van der Waals surface area contributed by atoms with Crippen LogP contribution in [0.5, 0.6) is 0 Å². The van der Waals surface area contributed by atoms with E-state index in [4.69, 9.17) is 9.84 Å². The van der Waals surface area contributed by atoms with Crippen LogP contribution in [0.25, 0.3) is 0 Å². The van der Waals surface area contributed by atoms with Gasteiger partial charge in [-0.2, -0.15) is 0 Å². The first-order chi connectivity index (χ1) is 9.10. The molecule has 2 atom stereocenters. The van der Waals surface area contributed by atoms with E-state index >= 15 is 0 Å². The van der Waals surface area contributed by atoms with Gasteiger partial charge in [0.1, 0.15) is 10.6 Å². The molecule has 2 rings (SSSR count). The van der Waals surface area contributed by atoms with Gasteiger partial charge in [0.15, 0.2) is 5.13 Å². The maximum absolute atomic E-state index is 10.8. The zero-order valence-electron chi connectivity index (χ0n) is 10.8. The van der Waals surface area contributed by atoms with Crippen molar-refractivity contribution in [1.29, 1.82) is 0 Å². The Morgan fingerprint density at radius 2 is 2.47 bits per heavy atom. The number of rotatable bonds is 5. The minimum atomic E-state index is -0.941. The van der Waals surface area contributed by atoms with E-state index in [-0.39, 0.29) is 10.9 Å². The first-order valence-corrected chi connectivity index (χ1v) is 6.80. The summed E-state index contributed by atoms with van der Waals surface area (Å²) in [5.74, 6) is 0.283. The van der Waals surface area contributed by atoms with E-state index in [0.717, 1.165) is 23.5 Å². The van der Waals surface area contributed by atoms with Gasteiger partial charge < -0.3 is 15.2 Å². The third kappa shape index (κ3) is 3.35. The van der Waals surface area contributed by atoms with Crippen molar-refractivity contribution in [2.75, 3.05) is 12.4 Å². The summed E-state index contributed by atoms with van der Waals surface area (Å²) >= 11 is 1.15. The van der Waals surface area contributed by atoms with Gasteiger partial charge in [0.25, 0.3) is 0 Å². The van der Waals surface area contributed by atoms with E-state index in [1.54, 1.807) is 7.11 Å². The molecule has 0 fully saturated rings. The molecule has 1 aromatic heterocycles. The molecule has 2 N–H and O–H groups in total. The second kappa shape index (κ2) is 5.88. The first kappa shape index (κ1) is 13.6. The summed E-state index contributed by atoms with van der Waals surface area (Å²) in [4.78, 5) is 15.1. The van der Waals surface area contributed by atoms with Crippen molar-refractivity contribution in [1.82, 2.24) is 4.98 Å². The number of hydrogen-bond acceptors (Lipinski definition) is 5. The Morgan fingerprint density at radius 1 is 1.68 bits per heavy atom. The van der Waals surface area contributed by atoms with Gasteiger partial charge in [0.05, 0.1) is 13.3 Å². The fraction of sp³-hybridized carbons (Fsp3) is 0.385. The van der Waals surface area contributed by atoms with Gasteiger partial charge in [-0.3, -0.25) is 0 Å². The fourth-order valence-electron chi connectivity index (χ4n) is 1.88. The number of methoxy groups -OCH3 is 1. The lowest BCUT2D eigenvalue weighted by Gasteiger charge is -2.23. The molecular weight excluding hydrogens is 264 g/mol. The van der Waals surface area contributed by atoms with Crippen molar-refractivity contribution in [3.05, 3.63) is 35.1 Å². The predicted octanol–water partition coefficient (Wildman–Crippen LogP) is 2.75. The minimum Gasteiger partial charge on any atom is -0.497 e. The summed E-state index contributed by atoms with van der Waals surface area (Å²) in [5.41, 5.74) is 0. The van der Waals surface area contributed by atoms with Crippen molar-refractivity contribution in [2.45, 2.75) is 19.4 Å². The Morgan fingerprint density at radius 3 is 3.00 bits per heavy atom. The van der Waals surface area contributed by atoms with Crippen LogP contribution in [-0.2, 0) is 4.74 Å². The van der Waals surface area contributed by atoms with Crippen LogP contribution in [0.4, 0.5) is 5.13 Å². The minimum absolute atomic E-state index is 0.179. The number of anilines is 1. The lowest BCUT2D eigenvalue weighted by Crippen LogP contribution is -2.25. The summed E-state index contributed by atoms with van der Waals surface area (Å²) in [6.07, 6.45) is 8.37. The number of aromatic nitrogens is 1. The standard InChI is InChI=1S/C13H16N2O3S/c1-8(9-3-5-10(18-2)6-4-9)15-13-14-7-11(19-13)12(16)17/h3,5-9H,4H2,1-2H3,(H,14,15)(H,16,17). The summed E-state index contributed by atoms with van der Waals surface area (Å²) in [6.45, 7) is 2.06. The zero-order chi connectivity index (χ0) is 13.8. The lowest BCUT2D eigenvalue weighted by molar-refractivity contribution is 0.0702. The highest BCUT2D eigenvalue weighted by Crippen LogP contribution is 2.24. The molecule has 5 nitrogen and oxygen atoms in total. The van der Waals surface area contributed by atoms with Crippen molar-refractivity contribution in [2.24, 2.45) is 5.92 Å². The molecule has 1 aliphatic carbocycles. The summed E-state index contributed by atoms with van der Waals surface area (Å²) in [7, 11) is 1.65. The van der Waals surface area contributed by atoms with Crippen LogP contribution in [0, 0.1) is 5.92 Å². The number of aromatic carboxylic acids is 1. The molecule has 6 heteroatoms. The van der Waals surface area contributed by atoms with Gasteiger partial charge in [-0.15, -0.1) is 0 Å². The van der Waals surface area contributed by atoms with Crippen LogP contribution in [0.2, 0.25) is 0 Å². The van der Waals surface area contributed by atoms with Crippen molar-refractivity contribution >= 4 is 22.4 Å². The first-order valence-electron chi connectivity index (χ1n) is 5.98. The molecule has 0 bridgehead atoms. The topological polar surface area (TPSA) is 71.5 Å². The SMILES string of the molecule is COC1=CCC(C(C)Nc2ncc(C(=O)O)s2)C=C1. The number of nitrogens with zero attached hydrogens (tertiary/aromatic N) is 1. The normalized spacial score (nSPS) is 19.7. The average Bonchev–Trinajstić information content (AvgIpc) is 2.87. The second-order valence-electron chi connectivity index (χ2n) is 4.34. The number of nitrogens with one attached hydrogen (secondary N) is 1. The maximum Gasteiger partial charge on any atom is 0.347 e. The molecule has 0 aromatic carbocycles. The van der Waals surface area contributed by atoms with Crippen LogP contribution >= 0.6 is 11.3 Å². The number of carboxylic acid groups (broad SMARTS) is 1. The summed E-state index contributed by atoms with van der Waals surface area (Å²) in [5, 5.41) is 12.7. The predicted molar refractivity (Wildman–Crippen MR) is 74.5 cm³/mol. The molecule has 0 spiro atoms. The monoisotopic (exact) mass is 280 g/mol.